The highest BCUT2D eigenvalue weighted by Crippen LogP contribution is 2.43. The predicted octanol–water partition coefficient (Wildman–Crippen LogP) is 5.46. The molecule has 3 rings (SSSR count). The second-order valence-corrected chi connectivity index (χ2v) is 10.00. The SMILES string of the molecule is COC1=C([C@@H](O)CC(C)C)C(C)CC2=C1C(=O)OCc1cc(C)cc(OCCC(C)C)c1O2. The first kappa shape index (κ1) is 25.2. The number of allylic oxidation sites excluding steroid dienone is 1. The van der Waals surface area contributed by atoms with E-state index in [0.717, 1.165) is 23.1 Å². The van der Waals surface area contributed by atoms with Crippen molar-refractivity contribution in [2.24, 2.45) is 17.8 Å². The third-order valence-electron chi connectivity index (χ3n) is 6.07. The van der Waals surface area contributed by atoms with Crippen molar-refractivity contribution in [3.8, 4) is 11.5 Å². The zero-order valence-electron chi connectivity index (χ0n) is 21.0. The number of cyclic esters (lactones) is 1. The highest BCUT2D eigenvalue weighted by Gasteiger charge is 2.38. The van der Waals surface area contributed by atoms with Crippen LogP contribution in [-0.4, -0.2) is 30.9 Å². The zero-order valence-corrected chi connectivity index (χ0v) is 21.0. The van der Waals surface area contributed by atoms with Crippen LogP contribution in [0.3, 0.4) is 0 Å². The number of rotatable bonds is 8. The van der Waals surface area contributed by atoms with Crippen molar-refractivity contribution in [1.29, 1.82) is 0 Å². The first-order valence-corrected chi connectivity index (χ1v) is 11.9. The average Bonchev–Trinajstić information content (AvgIpc) is 2.71. The van der Waals surface area contributed by atoms with Gasteiger partial charge in [-0.3, -0.25) is 0 Å². The molecule has 0 aromatic heterocycles. The molecule has 0 saturated carbocycles. The van der Waals surface area contributed by atoms with Crippen LogP contribution >= 0.6 is 0 Å². The van der Waals surface area contributed by atoms with Gasteiger partial charge in [-0.2, -0.15) is 0 Å². The smallest absolute Gasteiger partial charge is 0.345 e. The second kappa shape index (κ2) is 10.6. The summed E-state index contributed by atoms with van der Waals surface area (Å²) in [4.78, 5) is 13.1. The summed E-state index contributed by atoms with van der Waals surface area (Å²) in [6.45, 7) is 13.1. The predicted molar refractivity (Wildman–Crippen MR) is 127 cm³/mol. The Morgan fingerprint density at radius 2 is 1.91 bits per heavy atom. The van der Waals surface area contributed by atoms with Crippen molar-refractivity contribution in [2.75, 3.05) is 13.7 Å². The summed E-state index contributed by atoms with van der Waals surface area (Å²) in [6.07, 6.45) is 1.27. The molecule has 0 bridgehead atoms. The summed E-state index contributed by atoms with van der Waals surface area (Å²) >= 11 is 0. The van der Waals surface area contributed by atoms with Gasteiger partial charge in [0.2, 0.25) is 0 Å². The number of fused-ring (bicyclic) bond motifs is 1. The highest BCUT2D eigenvalue weighted by atomic mass is 16.6. The molecule has 2 atom stereocenters. The number of aliphatic hydroxyl groups excluding tert-OH is 1. The van der Waals surface area contributed by atoms with Crippen LogP contribution in [0.4, 0.5) is 0 Å². The summed E-state index contributed by atoms with van der Waals surface area (Å²) in [6, 6.07) is 3.92. The molecule has 0 radical (unpaired) electrons. The lowest BCUT2D eigenvalue weighted by Crippen LogP contribution is -2.30. The van der Waals surface area contributed by atoms with Crippen LogP contribution in [0.15, 0.2) is 34.8 Å². The van der Waals surface area contributed by atoms with E-state index >= 15 is 0 Å². The Hall–Kier alpha value is -2.47. The Labute approximate surface area is 197 Å². The maximum atomic E-state index is 13.1. The number of aryl methyl sites for hydroxylation is 1. The first-order valence-electron chi connectivity index (χ1n) is 11.9. The topological polar surface area (TPSA) is 74.2 Å². The van der Waals surface area contributed by atoms with Crippen LogP contribution in [0.25, 0.3) is 0 Å². The van der Waals surface area contributed by atoms with Crippen molar-refractivity contribution in [2.45, 2.75) is 73.5 Å². The van der Waals surface area contributed by atoms with Crippen LogP contribution in [0.5, 0.6) is 11.5 Å². The molecule has 0 amide bonds. The average molecular weight is 459 g/mol. The molecule has 0 spiro atoms. The van der Waals surface area contributed by atoms with E-state index in [2.05, 4.69) is 27.7 Å². The number of hydrogen-bond acceptors (Lipinski definition) is 6. The molecule has 6 heteroatoms. The van der Waals surface area contributed by atoms with Gasteiger partial charge in [0.05, 0.1) is 19.8 Å². The lowest BCUT2D eigenvalue weighted by molar-refractivity contribution is -0.141. The van der Waals surface area contributed by atoms with Crippen molar-refractivity contribution in [1.82, 2.24) is 0 Å². The van der Waals surface area contributed by atoms with Gasteiger partial charge in [0, 0.05) is 17.6 Å². The number of hydrogen-bond donors (Lipinski definition) is 1. The Kier molecular flexibility index (Phi) is 8.11. The molecule has 0 saturated heterocycles. The molecule has 1 unspecified atom stereocenters. The Bertz CT molecular complexity index is 940. The van der Waals surface area contributed by atoms with E-state index in [4.69, 9.17) is 18.9 Å². The highest BCUT2D eigenvalue weighted by molar-refractivity contribution is 5.94. The van der Waals surface area contributed by atoms with Gasteiger partial charge in [-0.15, -0.1) is 0 Å². The number of methoxy groups -OCH3 is 1. The third-order valence-corrected chi connectivity index (χ3v) is 6.07. The Morgan fingerprint density at radius 3 is 2.55 bits per heavy atom. The molecule has 1 aliphatic carbocycles. The summed E-state index contributed by atoms with van der Waals surface area (Å²) in [7, 11) is 1.52. The van der Waals surface area contributed by atoms with Crippen molar-refractivity contribution >= 4 is 5.97 Å². The van der Waals surface area contributed by atoms with Gasteiger partial charge < -0.3 is 24.1 Å². The quantitative estimate of drug-likeness (QED) is 0.522. The molecule has 1 aromatic carbocycles. The van der Waals surface area contributed by atoms with E-state index in [-0.39, 0.29) is 18.1 Å². The van der Waals surface area contributed by atoms with E-state index in [1.165, 1.54) is 7.11 Å². The molecular formula is C27H38O6. The van der Waals surface area contributed by atoms with Gasteiger partial charge in [0.25, 0.3) is 0 Å². The monoisotopic (exact) mass is 458 g/mol. The molecule has 1 heterocycles. The lowest BCUT2D eigenvalue weighted by atomic mass is 9.81. The normalized spacial score (nSPS) is 19.5. The van der Waals surface area contributed by atoms with E-state index in [9.17, 15) is 9.90 Å². The summed E-state index contributed by atoms with van der Waals surface area (Å²) in [5, 5.41) is 10.9. The second-order valence-electron chi connectivity index (χ2n) is 10.00. The zero-order chi connectivity index (χ0) is 24.3. The van der Waals surface area contributed by atoms with E-state index in [1.807, 2.05) is 26.0 Å². The molecule has 2 aliphatic rings. The summed E-state index contributed by atoms with van der Waals surface area (Å²) in [5.74, 6) is 2.35. The van der Waals surface area contributed by atoms with Gasteiger partial charge >= 0.3 is 5.97 Å². The van der Waals surface area contributed by atoms with Crippen LogP contribution in [0.2, 0.25) is 0 Å². The van der Waals surface area contributed by atoms with E-state index in [1.54, 1.807) is 0 Å². The fraction of sp³-hybridized carbons (Fsp3) is 0.593. The fourth-order valence-electron chi connectivity index (χ4n) is 4.44. The van der Waals surface area contributed by atoms with Gasteiger partial charge in [0.15, 0.2) is 11.5 Å². The van der Waals surface area contributed by atoms with Gasteiger partial charge in [-0.25, -0.2) is 4.79 Å². The Morgan fingerprint density at radius 1 is 1.18 bits per heavy atom. The summed E-state index contributed by atoms with van der Waals surface area (Å²) < 4.78 is 23.9. The number of carbonyl (C=O) groups excluding carboxylic acids is 1. The van der Waals surface area contributed by atoms with Crippen molar-refractivity contribution < 1.29 is 28.8 Å². The number of esters is 1. The molecule has 33 heavy (non-hydrogen) atoms. The van der Waals surface area contributed by atoms with Crippen LogP contribution in [0.1, 0.15) is 65.0 Å². The lowest BCUT2D eigenvalue weighted by Gasteiger charge is -2.33. The van der Waals surface area contributed by atoms with Crippen LogP contribution in [-0.2, 0) is 20.9 Å². The van der Waals surface area contributed by atoms with Crippen molar-refractivity contribution in [3.05, 3.63) is 45.9 Å². The van der Waals surface area contributed by atoms with Crippen LogP contribution in [0, 0.1) is 24.7 Å². The van der Waals surface area contributed by atoms with E-state index < -0.39 is 12.1 Å². The Balaban J connectivity index is 2.07. The van der Waals surface area contributed by atoms with Gasteiger partial charge in [-0.1, -0.05) is 34.6 Å². The minimum Gasteiger partial charge on any atom is -0.496 e. The molecule has 182 valence electrons. The van der Waals surface area contributed by atoms with Gasteiger partial charge in [0.1, 0.15) is 23.7 Å². The minimum absolute atomic E-state index is 0.0566. The number of carbonyl (C=O) groups is 1. The largest absolute Gasteiger partial charge is 0.496 e. The maximum absolute atomic E-state index is 13.1. The molecule has 1 aliphatic heterocycles. The van der Waals surface area contributed by atoms with Crippen molar-refractivity contribution in [3.63, 3.8) is 0 Å². The molecular weight excluding hydrogens is 420 g/mol. The molecule has 1 N–H and O–H groups in total. The minimum atomic E-state index is -0.702. The molecule has 6 nitrogen and oxygen atoms in total. The number of aliphatic hydroxyl groups is 1. The third kappa shape index (κ3) is 5.72. The first-order chi connectivity index (χ1) is 15.6. The molecule has 1 aromatic rings. The van der Waals surface area contributed by atoms with Gasteiger partial charge in [-0.05, 0) is 55.2 Å². The standard InChI is InChI=1S/C27H38O6/c1-15(2)8-9-31-22-12-17(5)11-19-14-32-27(29)24-21(33-25(19)22)13-18(6)23(26(24)30-7)20(28)10-16(3)4/h11-12,15-16,18,20,28H,8-10,13-14H2,1-7H3/t18?,20-/m0/s1. The molecule has 0 fully saturated rings. The number of ether oxygens (including phenoxy) is 4. The number of benzene rings is 1. The fourth-order valence-corrected chi connectivity index (χ4v) is 4.44. The van der Waals surface area contributed by atoms with E-state index in [0.29, 0.717) is 54.3 Å². The maximum Gasteiger partial charge on any atom is 0.345 e. The summed E-state index contributed by atoms with van der Waals surface area (Å²) in [5.41, 5.74) is 2.77. The van der Waals surface area contributed by atoms with Crippen LogP contribution < -0.4 is 9.47 Å².